The molecule has 6 nitrogen and oxygen atoms in total. The summed E-state index contributed by atoms with van der Waals surface area (Å²) in [7, 11) is 1.61. The summed E-state index contributed by atoms with van der Waals surface area (Å²) in [5.74, 6) is 6.00. The largest absolute Gasteiger partial charge is 0.497 e. The van der Waals surface area contributed by atoms with E-state index in [0.29, 0.717) is 25.9 Å². The number of benzene rings is 1. The monoisotopic (exact) mass is 372 g/mol. The number of ether oxygens (including phenoxy) is 4. The Morgan fingerprint density at radius 3 is 2.89 bits per heavy atom. The Hall–Kier alpha value is -2.78. The minimum absolute atomic E-state index is 0.000490. The Balaban J connectivity index is 2.19. The van der Waals surface area contributed by atoms with Gasteiger partial charge in [0.1, 0.15) is 17.6 Å². The van der Waals surface area contributed by atoms with Crippen LogP contribution in [0.25, 0.3) is 0 Å². The lowest BCUT2D eigenvalue weighted by Crippen LogP contribution is -2.14. The summed E-state index contributed by atoms with van der Waals surface area (Å²) in [6.07, 6.45) is 1.40. The maximum absolute atomic E-state index is 11.8. The van der Waals surface area contributed by atoms with Gasteiger partial charge in [-0.2, -0.15) is 0 Å². The first-order valence-electron chi connectivity index (χ1n) is 8.75. The standard InChI is InChI=1S/C21H24O6/c1-15(27-16(2)22)12-20-7-5-11-25-21(23)8-4-6-17-13-19(24-3)10-9-18(17)14-26-20/h9-10,13,20H,1,4,6,8,11-12,14H2,2-3H3. The molecule has 0 fully saturated rings. The van der Waals surface area contributed by atoms with Crippen LogP contribution in [0.3, 0.4) is 0 Å². The molecule has 1 aliphatic heterocycles. The fourth-order valence-corrected chi connectivity index (χ4v) is 2.66. The Morgan fingerprint density at radius 1 is 1.33 bits per heavy atom. The molecule has 144 valence electrons. The van der Waals surface area contributed by atoms with Crippen molar-refractivity contribution in [2.45, 2.75) is 45.3 Å². The zero-order valence-electron chi connectivity index (χ0n) is 15.7. The van der Waals surface area contributed by atoms with Gasteiger partial charge in [0.05, 0.1) is 13.7 Å². The van der Waals surface area contributed by atoms with Crippen LogP contribution in [0.4, 0.5) is 0 Å². The quantitative estimate of drug-likeness (QED) is 0.460. The van der Waals surface area contributed by atoms with Gasteiger partial charge in [-0.15, -0.1) is 0 Å². The molecule has 0 radical (unpaired) electrons. The average Bonchev–Trinajstić information content (AvgIpc) is 2.63. The van der Waals surface area contributed by atoms with Crippen molar-refractivity contribution in [2.75, 3.05) is 13.7 Å². The molecule has 0 spiro atoms. The Bertz CT molecular complexity index is 756. The summed E-state index contributed by atoms with van der Waals surface area (Å²) >= 11 is 0. The molecule has 0 aliphatic carbocycles. The maximum Gasteiger partial charge on any atom is 0.307 e. The molecule has 1 aromatic rings. The van der Waals surface area contributed by atoms with Crippen molar-refractivity contribution < 1.29 is 28.5 Å². The van der Waals surface area contributed by atoms with E-state index in [-0.39, 0.29) is 24.8 Å². The van der Waals surface area contributed by atoms with Crippen molar-refractivity contribution in [1.29, 1.82) is 0 Å². The first-order valence-corrected chi connectivity index (χ1v) is 8.75. The van der Waals surface area contributed by atoms with Crippen LogP contribution >= 0.6 is 0 Å². The molecular formula is C21H24O6. The molecule has 0 saturated carbocycles. The van der Waals surface area contributed by atoms with Crippen LogP contribution in [0.2, 0.25) is 0 Å². The van der Waals surface area contributed by atoms with E-state index in [1.807, 2.05) is 18.2 Å². The van der Waals surface area contributed by atoms with Crippen molar-refractivity contribution in [2.24, 2.45) is 0 Å². The zero-order chi connectivity index (χ0) is 19.6. The number of rotatable bonds is 4. The van der Waals surface area contributed by atoms with Crippen LogP contribution in [-0.4, -0.2) is 31.8 Å². The summed E-state index contributed by atoms with van der Waals surface area (Å²) in [5, 5.41) is 0. The number of methoxy groups -OCH3 is 1. The van der Waals surface area contributed by atoms with Gasteiger partial charge >= 0.3 is 11.9 Å². The highest BCUT2D eigenvalue weighted by Gasteiger charge is 2.14. The van der Waals surface area contributed by atoms with Gasteiger partial charge in [0, 0.05) is 19.8 Å². The lowest BCUT2D eigenvalue weighted by atomic mass is 10.0. The second-order valence-corrected chi connectivity index (χ2v) is 6.11. The smallest absolute Gasteiger partial charge is 0.307 e. The average molecular weight is 372 g/mol. The molecule has 1 aromatic carbocycles. The predicted molar refractivity (Wildman–Crippen MR) is 98.8 cm³/mol. The third-order valence-electron chi connectivity index (χ3n) is 3.95. The van der Waals surface area contributed by atoms with E-state index in [1.165, 1.54) is 6.92 Å². The third-order valence-corrected chi connectivity index (χ3v) is 3.95. The Morgan fingerprint density at radius 2 is 2.15 bits per heavy atom. The van der Waals surface area contributed by atoms with Gasteiger partial charge in [0.15, 0.2) is 6.61 Å². The minimum atomic E-state index is -0.536. The number of esters is 2. The second-order valence-electron chi connectivity index (χ2n) is 6.11. The number of aryl methyl sites for hydroxylation is 1. The van der Waals surface area contributed by atoms with E-state index in [9.17, 15) is 9.59 Å². The van der Waals surface area contributed by atoms with Crippen molar-refractivity contribution >= 4 is 11.9 Å². The number of hydrogen-bond donors (Lipinski definition) is 0. The summed E-state index contributed by atoms with van der Waals surface area (Å²) in [6, 6.07) is 5.76. The number of cyclic esters (lactones) is 1. The first kappa shape index (κ1) is 20.5. The molecule has 6 heteroatoms. The van der Waals surface area contributed by atoms with E-state index in [0.717, 1.165) is 16.9 Å². The molecule has 1 unspecified atom stereocenters. The van der Waals surface area contributed by atoms with Crippen LogP contribution < -0.4 is 4.74 Å². The van der Waals surface area contributed by atoms with Gasteiger partial charge in [0.2, 0.25) is 0 Å². The summed E-state index contributed by atoms with van der Waals surface area (Å²) in [5.41, 5.74) is 2.04. The van der Waals surface area contributed by atoms with Crippen LogP contribution in [0.1, 0.15) is 37.3 Å². The minimum Gasteiger partial charge on any atom is -0.497 e. The molecule has 0 aromatic heterocycles. The maximum atomic E-state index is 11.8. The van der Waals surface area contributed by atoms with E-state index in [2.05, 4.69) is 18.4 Å². The van der Waals surface area contributed by atoms with Gasteiger partial charge in [-0.1, -0.05) is 24.5 Å². The highest BCUT2D eigenvalue weighted by molar-refractivity contribution is 5.69. The Labute approximate surface area is 159 Å². The summed E-state index contributed by atoms with van der Waals surface area (Å²) in [6.45, 7) is 5.36. The van der Waals surface area contributed by atoms with Gasteiger partial charge in [-0.05, 0) is 36.1 Å². The number of fused-ring (bicyclic) bond motifs is 1. The SMILES string of the molecule is C=C(CC1C#CCOC(=O)CCCc2cc(OC)ccc2CO1)OC(C)=O. The second kappa shape index (κ2) is 10.4. The van der Waals surface area contributed by atoms with Crippen LogP contribution in [-0.2, 0) is 36.8 Å². The third kappa shape index (κ3) is 7.16. The van der Waals surface area contributed by atoms with Crippen molar-refractivity contribution in [3.8, 4) is 17.6 Å². The predicted octanol–water partition coefficient (Wildman–Crippen LogP) is 2.93. The number of hydrogen-bond acceptors (Lipinski definition) is 6. The highest BCUT2D eigenvalue weighted by Crippen LogP contribution is 2.22. The van der Waals surface area contributed by atoms with Crippen molar-refractivity contribution in [3.05, 3.63) is 41.7 Å². The molecule has 27 heavy (non-hydrogen) atoms. The molecule has 0 amide bonds. The lowest BCUT2D eigenvalue weighted by molar-refractivity contribution is -0.142. The molecule has 0 bridgehead atoms. The van der Waals surface area contributed by atoms with Crippen molar-refractivity contribution in [1.82, 2.24) is 0 Å². The van der Waals surface area contributed by atoms with Crippen LogP contribution in [0.15, 0.2) is 30.5 Å². The molecule has 1 heterocycles. The topological polar surface area (TPSA) is 71.1 Å². The van der Waals surface area contributed by atoms with E-state index >= 15 is 0 Å². The summed E-state index contributed by atoms with van der Waals surface area (Å²) in [4.78, 5) is 22.9. The molecule has 0 N–H and O–H groups in total. The number of carbonyl (C=O) groups is 2. The van der Waals surface area contributed by atoms with Crippen LogP contribution in [0, 0.1) is 11.8 Å². The lowest BCUT2D eigenvalue weighted by Gasteiger charge is -2.16. The molecule has 2 rings (SSSR count). The molecule has 1 atom stereocenters. The van der Waals surface area contributed by atoms with Gasteiger partial charge in [-0.25, -0.2) is 0 Å². The Kier molecular flexibility index (Phi) is 7.90. The van der Waals surface area contributed by atoms with Gasteiger partial charge < -0.3 is 18.9 Å². The van der Waals surface area contributed by atoms with Gasteiger partial charge in [-0.3, -0.25) is 9.59 Å². The zero-order valence-corrected chi connectivity index (χ0v) is 15.7. The molecule has 0 saturated heterocycles. The summed E-state index contributed by atoms with van der Waals surface area (Å²) < 4.78 is 21.3. The van der Waals surface area contributed by atoms with E-state index in [1.54, 1.807) is 7.11 Å². The normalized spacial score (nSPS) is 17.6. The number of carbonyl (C=O) groups excluding carboxylic acids is 2. The van der Waals surface area contributed by atoms with Crippen LogP contribution in [0.5, 0.6) is 5.75 Å². The van der Waals surface area contributed by atoms with Gasteiger partial charge in [0.25, 0.3) is 0 Å². The highest BCUT2D eigenvalue weighted by atomic mass is 16.5. The fourth-order valence-electron chi connectivity index (χ4n) is 2.66. The molecule has 1 aliphatic rings. The van der Waals surface area contributed by atoms with Crippen molar-refractivity contribution in [3.63, 3.8) is 0 Å². The fraction of sp³-hybridized carbons (Fsp3) is 0.429. The first-order chi connectivity index (χ1) is 13.0. The van der Waals surface area contributed by atoms with E-state index < -0.39 is 12.1 Å². The van der Waals surface area contributed by atoms with E-state index in [4.69, 9.17) is 18.9 Å². The molecular weight excluding hydrogens is 348 g/mol.